The van der Waals surface area contributed by atoms with Crippen LogP contribution in [0, 0.1) is 10.4 Å². The van der Waals surface area contributed by atoms with Crippen LogP contribution in [-0.2, 0) is 6.42 Å². The highest BCUT2D eigenvalue weighted by atomic mass is 14.8. The number of hydrogen-bond acceptors (Lipinski definition) is 2. The maximum atomic E-state index is 5.17. The molecule has 0 radical (unpaired) electrons. The highest BCUT2D eigenvalue weighted by Crippen LogP contribution is 2.52. The Labute approximate surface area is 225 Å². The fourth-order valence-corrected chi connectivity index (χ4v) is 6.77. The lowest BCUT2D eigenvalue weighted by molar-refractivity contribution is 1.26. The van der Waals surface area contributed by atoms with Gasteiger partial charge in [0.25, 0.3) is 0 Å². The number of hydrogen-bond donors (Lipinski definition) is 0. The lowest BCUT2D eigenvalue weighted by Crippen LogP contribution is -2.02. The summed E-state index contributed by atoms with van der Waals surface area (Å²) in [6, 6.07) is 43.6. The van der Waals surface area contributed by atoms with Crippen LogP contribution >= 0.6 is 0 Å². The first-order chi connectivity index (χ1) is 19.3. The van der Waals surface area contributed by atoms with Gasteiger partial charge in [-0.25, -0.2) is 9.98 Å². The van der Waals surface area contributed by atoms with Crippen LogP contribution in [0.2, 0.25) is 0 Å². The van der Waals surface area contributed by atoms with Crippen LogP contribution in [0.3, 0.4) is 0 Å². The minimum Gasteiger partial charge on any atom is -0.248 e. The van der Waals surface area contributed by atoms with Crippen molar-refractivity contribution in [2.75, 3.05) is 0 Å². The third kappa shape index (κ3) is 2.86. The van der Waals surface area contributed by atoms with Crippen molar-refractivity contribution in [3.63, 3.8) is 0 Å². The van der Waals surface area contributed by atoms with Crippen LogP contribution in [0.1, 0.15) is 11.1 Å². The number of benzene rings is 6. The molecule has 2 heteroatoms. The van der Waals surface area contributed by atoms with Gasteiger partial charge in [-0.2, -0.15) is 0 Å². The lowest BCUT2D eigenvalue weighted by Gasteiger charge is -2.19. The van der Waals surface area contributed by atoms with Crippen LogP contribution in [0.15, 0.2) is 131 Å². The fraction of sp³-hybridized carbons (Fsp3) is 0.0270. The SMILES string of the molecule is c1ccc(-c2ccc3c(c2-c2cccc4c2Cc2ccccc2-4)-c2c4c(ccc2=N3)=c2ccccc2=N4)cc1. The van der Waals surface area contributed by atoms with Crippen molar-refractivity contribution < 1.29 is 0 Å². The van der Waals surface area contributed by atoms with Crippen molar-refractivity contribution in [2.24, 2.45) is 9.98 Å². The largest absolute Gasteiger partial charge is 0.248 e. The normalized spacial score (nSPS) is 12.9. The Bertz CT molecular complexity index is 2250. The predicted octanol–water partition coefficient (Wildman–Crippen LogP) is 8.08. The Morgan fingerprint density at radius 1 is 0.436 bits per heavy atom. The third-order valence-electron chi connectivity index (χ3n) is 8.46. The van der Waals surface area contributed by atoms with Crippen molar-refractivity contribution in [3.05, 3.63) is 154 Å². The van der Waals surface area contributed by atoms with Gasteiger partial charge in [-0.05, 0) is 75.2 Å². The first kappa shape index (κ1) is 20.9. The van der Waals surface area contributed by atoms with E-state index in [-0.39, 0.29) is 0 Å². The maximum absolute atomic E-state index is 5.17. The summed E-state index contributed by atoms with van der Waals surface area (Å²) in [5, 5.41) is 4.42. The zero-order chi connectivity index (χ0) is 25.5. The molecule has 0 bridgehead atoms. The Kier molecular flexibility index (Phi) is 4.14. The number of fused-ring (bicyclic) bond motifs is 9. The van der Waals surface area contributed by atoms with Gasteiger partial charge in [0, 0.05) is 21.6 Å². The second kappa shape index (κ2) is 7.72. The smallest absolute Gasteiger partial charge is 0.0817 e. The van der Waals surface area contributed by atoms with Gasteiger partial charge in [0.2, 0.25) is 0 Å². The second-order valence-corrected chi connectivity index (χ2v) is 10.5. The molecule has 0 spiro atoms. The third-order valence-corrected chi connectivity index (χ3v) is 8.46. The van der Waals surface area contributed by atoms with Gasteiger partial charge in [-0.3, -0.25) is 0 Å². The van der Waals surface area contributed by atoms with Gasteiger partial charge in [-0.1, -0.05) is 97.1 Å². The minimum atomic E-state index is 0.937. The van der Waals surface area contributed by atoms with E-state index in [2.05, 4.69) is 121 Å². The summed E-state index contributed by atoms with van der Waals surface area (Å²) in [6.07, 6.45) is 0.937. The standard InChI is InChI=1S/C37H22N2/c1-2-9-22(10-3-1)25-17-19-32-35(34(25)28-15-8-14-26-24-12-5-4-11-23(24)21-30(26)28)36-33(38-32)20-18-29-27-13-6-7-16-31(27)39-37(29)36/h1-20H,21H2. The van der Waals surface area contributed by atoms with Crippen LogP contribution < -0.4 is 10.7 Å². The van der Waals surface area contributed by atoms with E-state index in [9.17, 15) is 0 Å². The van der Waals surface area contributed by atoms with E-state index < -0.39 is 0 Å². The van der Waals surface area contributed by atoms with Gasteiger partial charge in [0.1, 0.15) is 0 Å². The molecular formula is C37H22N2. The number of rotatable bonds is 2. The molecule has 1 aliphatic carbocycles. The van der Waals surface area contributed by atoms with E-state index in [1.165, 1.54) is 60.5 Å². The Morgan fingerprint density at radius 2 is 1.23 bits per heavy atom. The zero-order valence-corrected chi connectivity index (χ0v) is 21.1. The molecule has 0 saturated heterocycles. The minimum absolute atomic E-state index is 0.937. The summed E-state index contributed by atoms with van der Waals surface area (Å²) in [7, 11) is 0. The lowest BCUT2D eigenvalue weighted by atomic mass is 9.84. The van der Waals surface area contributed by atoms with Crippen molar-refractivity contribution in [2.45, 2.75) is 6.42 Å². The molecule has 2 nitrogen and oxygen atoms in total. The van der Waals surface area contributed by atoms with E-state index in [0.717, 1.165) is 34.1 Å². The molecule has 6 aromatic carbocycles. The van der Waals surface area contributed by atoms with Crippen LogP contribution in [0.5, 0.6) is 0 Å². The van der Waals surface area contributed by atoms with Gasteiger partial charge in [-0.15, -0.1) is 0 Å². The topological polar surface area (TPSA) is 24.7 Å². The first-order valence-corrected chi connectivity index (χ1v) is 13.5. The molecule has 2 heterocycles. The molecule has 0 unspecified atom stereocenters. The summed E-state index contributed by atoms with van der Waals surface area (Å²) < 4.78 is 0. The van der Waals surface area contributed by atoms with E-state index in [4.69, 9.17) is 9.98 Å². The zero-order valence-electron chi connectivity index (χ0n) is 21.1. The van der Waals surface area contributed by atoms with Crippen molar-refractivity contribution in [3.8, 4) is 44.5 Å². The van der Waals surface area contributed by atoms with Crippen LogP contribution in [0.25, 0.3) is 44.5 Å². The highest BCUT2D eigenvalue weighted by Gasteiger charge is 2.29. The Morgan fingerprint density at radius 3 is 2.18 bits per heavy atom. The summed E-state index contributed by atoms with van der Waals surface area (Å²) in [5.74, 6) is 0. The average Bonchev–Trinajstić information content (AvgIpc) is 3.68. The Balaban J connectivity index is 1.41. The molecule has 0 aromatic heterocycles. The highest BCUT2D eigenvalue weighted by molar-refractivity contribution is 6.05. The van der Waals surface area contributed by atoms with E-state index in [0.29, 0.717) is 0 Å². The van der Waals surface area contributed by atoms with Gasteiger partial charge in [0.15, 0.2) is 0 Å². The van der Waals surface area contributed by atoms with Crippen molar-refractivity contribution >= 4 is 11.4 Å². The second-order valence-electron chi connectivity index (χ2n) is 10.5. The molecule has 39 heavy (non-hydrogen) atoms. The summed E-state index contributed by atoms with van der Waals surface area (Å²) in [5.41, 5.74) is 14.9. The molecule has 0 saturated carbocycles. The molecule has 3 aliphatic rings. The van der Waals surface area contributed by atoms with Gasteiger partial charge in [0.05, 0.1) is 22.1 Å². The molecule has 9 rings (SSSR count). The van der Waals surface area contributed by atoms with Crippen molar-refractivity contribution in [1.29, 1.82) is 0 Å². The van der Waals surface area contributed by atoms with E-state index >= 15 is 0 Å². The number of para-hydroxylation sites is 1. The first-order valence-electron chi connectivity index (χ1n) is 13.5. The maximum Gasteiger partial charge on any atom is 0.0817 e. The molecular weight excluding hydrogens is 472 g/mol. The predicted molar refractivity (Wildman–Crippen MR) is 157 cm³/mol. The summed E-state index contributed by atoms with van der Waals surface area (Å²) in [4.78, 5) is 10.3. The average molecular weight is 495 g/mol. The molecule has 180 valence electrons. The van der Waals surface area contributed by atoms with Gasteiger partial charge < -0.3 is 0 Å². The summed E-state index contributed by atoms with van der Waals surface area (Å²) in [6.45, 7) is 0. The molecule has 2 aliphatic heterocycles. The fourth-order valence-electron chi connectivity index (χ4n) is 6.77. The molecule has 0 N–H and O–H groups in total. The Hall–Kier alpha value is -5.08. The quantitative estimate of drug-likeness (QED) is 0.232. The van der Waals surface area contributed by atoms with Crippen molar-refractivity contribution in [1.82, 2.24) is 0 Å². The molecule has 0 fully saturated rings. The van der Waals surface area contributed by atoms with E-state index in [1.807, 2.05) is 0 Å². The molecule has 0 amide bonds. The summed E-state index contributed by atoms with van der Waals surface area (Å²) >= 11 is 0. The monoisotopic (exact) mass is 494 g/mol. The number of nitrogens with zero attached hydrogens (tertiary/aromatic N) is 2. The van der Waals surface area contributed by atoms with Gasteiger partial charge >= 0.3 is 0 Å². The van der Waals surface area contributed by atoms with Crippen LogP contribution in [0.4, 0.5) is 11.4 Å². The molecule has 6 aromatic rings. The molecule has 0 atom stereocenters. The van der Waals surface area contributed by atoms with E-state index in [1.54, 1.807) is 0 Å². The van der Waals surface area contributed by atoms with Crippen LogP contribution in [-0.4, -0.2) is 0 Å².